The molecule has 0 aliphatic rings. The van der Waals surface area contributed by atoms with Crippen molar-refractivity contribution in [1.82, 2.24) is 5.32 Å². The van der Waals surface area contributed by atoms with Gasteiger partial charge in [-0.3, -0.25) is 9.52 Å². The summed E-state index contributed by atoms with van der Waals surface area (Å²) in [7, 11) is -3.80. The fraction of sp³-hybridized carbons (Fsp3) is 0.188. The Kier molecular flexibility index (Phi) is 5.00. The number of nitrogens with one attached hydrogen (secondary N) is 2. The van der Waals surface area contributed by atoms with Gasteiger partial charge in [0, 0.05) is 17.3 Å². The van der Waals surface area contributed by atoms with Crippen molar-refractivity contribution >= 4 is 21.6 Å². The van der Waals surface area contributed by atoms with E-state index in [4.69, 9.17) is 0 Å². The highest BCUT2D eigenvalue weighted by Gasteiger charge is 2.15. The number of rotatable bonds is 5. The summed E-state index contributed by atoms with van der Waals surface area (Å²) in [4.78, 5) is 11.8. The molecule has 2 aromatic carbocycles. The van der Waals surface area contributed by atoms with E-state index >= 15 is 0 Å². The highest BCUT2D eigenvalue weighted by molar-refractivity contribution is 7.92. The first-order valence-corrected chi connectivity index (χ1v) is 8.45. The van der Waals surface area contributed by atoms with Crippen molar-refractivity contribution in [3.8, 4) is 0 Å². The van der Waals surface area contributed by atoms with E-state index in [1.807, 2.05) is 13.8 Å². The van der Waals surface area contributed by atoms with Crippen molar-refractivity contribution in [2.45, 2.75) is 24.8 Å². The third-order valence-corrected chi connectivity index (χ3v) is 4.34. The van der Waals surface area contributed by atoms with Gasteiger partial charge in [-0.15, -0.1) is 0 Å². The topological polar surface area (TPSA) is 75.3 Å². The van der Waals surface area contributed by atoms with Gasteiger partial charge in [-0.2, -0.15) is 0 Å². The molecule has 0 heterocycles. The number of hydrogen-bond acceptors (Lipinski definition) is 3. The van der Waals surface area contributed by atoms with Gasteiger partial charge in [-0.05, 0) is 62.4 Å². The van der Waals surface area contributed by atoms with Gasteiger partial charge in [0.1, 0.15) is 5.82 Å². The zero-order valence-corrected chi connectivity index (χ0v) is 13.5. The first kappa shape index (κ1) is 17.0. The van der Waals surface area contributed by atoms with Crippen molar-refractivity contribution in [3.05, 3.63) is 59.9 Å². The Morgan fingerprint density at radius 1 is 1.00 bits per heavy atom. The average molecular weight is 336 g/mol. The minimum absolute atomic E-state index is 0.00829. The van der Waals surface area contributed by atoms with Crippen LogP contribution in [0, 0.1) is 5.82 Å². The minimum atomic E-state index is -3.80. The summed E-state index contributed by atoms with van der Waals surface area (Å²) in [6.45, 7) is 3.67. The molecule has 0 unspecified atom stereocenters. The molecule has 0 atom stereocenters. The smallest absolute Gasteiger partial charge is 0.261 e. The summed E-state index contributed by atoms with van der Waals surface area (Å²) in [5.74, 6) is -0.719. The number of hydrogen-bond donors (Lipinski definition) is 2. The van der Waals surface area contributed by atoms with Gasteiger partial charge in [-0.1, -0.05) is 0 Å². The first-order valence-electron chi connectivity index (χ1n) is 6.97. The molecule has 2 rings (SSSR count). The van der Waals surface area contributed by atoms with Crippen LogP contribution in [0.5, 0.6) is 0 Å². The van der Waals surface area contributed by atoms with Crippen LogP contribution in [0.1, 0.15) is 24.2 Å². The molecule has 5 nitrogen and oxygen atoms in total. The summed E-state index contributed by atoms with van der Waals surface area (Å²) < 4.78 is 39.7. The molecular formula is C16H17FN2O3S. The number of carbonyl (C=O) groups is 1. The lowest BCUT2D eigenvalue weighted by Crippen LogP contribution is -2.30. The zero-order chi connectivity index (χ0) is 17.0. The normalized spacial score (nSPS) is 11.3. The maximum absolute atomic E-state index is 12.8. The van der Waals surface area contributed by atoms with Crippen LogP contribution in [0.25, 0.3) is 0 Å². The van der Waals surface area contributed by atoms with Gasteiger partial charge < -0.3 is 5.32 Å². The zero-order valence-electron chi connectivity index (χ0n) is 12.7. The molecule has 0 aliphatic heterocycles. The number of amides is 1. The molecule has 0 spiro atoms. The highest BCUT2D eigenvalue weighted by atomic mass is 32.2. The minimum Gasteiger partial charge on any atom is -0.350 e. The van der Waals surface area contributed by atoms with Crippen LogP contribution in [0.2, 0.25) is 0 Å². The molecule has 7 heteroatoms. The van der Waals surface area contributed by atoms with Crippen molar-refractivity contribution in [2.75, 3.05) is 4.72 Å². The van der Waals surface area contributed by atoms with E-state index in [0.29, 0.717) is 5.56 Å². The Bertz CT molecular complexity index is 785. The fourth-order valence-electron chi connectivity index (χ4n) is 1.86. The quantitative estimate of drug-likeness (QED) is 0.881. The predicted octanol–water partition coefficient (Wildman–Crippen LogP) is 2.76. The SMILES string of the molecule is CC(C)NC(=O)c1ccc(S(=O)(=O)Nc2ccc(F)cc2)cc1. The van der Waals surface area contributed by atoms with Crippen LogP contribution < -0.4 is 10.0 Å². The predicted molar refractivity (Wildman–Crippen MR) is 86.3 cm³/mol. The second kappa shape index (κ2) is 6.78. The lowest BCUT2D eigenvalue weighted by molar-refractivity contribution is 0.0943. The van der Waals surface area contributed by atoms with E-state index in [1.165, 1.54) is 36.4 Å². The summed E-state index contributed by atoms with van der Waals surface area (Å²) in [5.41, 5.74) is 0.632. The lowest BCUT2D eigenvalue weighted by atomic mass is 10.2. The highest BCUT2D eigenvalue weighted by Crippen LogP contribution is 2.17. The van der Waals surface area contributed by atoms with Gasteiger partial charge in [-0.25, -0.2) is 12.8 Å². The third kappa shape index (κ3) is 4.53. The molecule has 2 N–H and O–H groups in total. The molecule has 0 aliphatic carbocycles. The molecular weight excluding hydrogens is 319 g/mol. The largest absolute Gasteiger partial charge is 0.350 e. The van der Waals surface area contributed by atoms with E-state index in [1.54, 1.807) is 0 Å². The average Bonchev–Trinajstić information content (AvgIpc) is 2.49. The lowest BCUT2D eigenvalue weighted by Gasteiger charge is -2.10. The van der Waals surface area contributed by atoms with E-state index in [2.05, 4.69) is 10.0 Å². The Labute approximate surface area is 134 Å². The molecule has 0 radical (unpaired) electrons. The molecule has 2 aromatic rings. The molecule has 0 bridgehead atoms. The molecule has 122 valence electrons. The van der Waals surface area contributed by atoms with E-state index < -0.39 is 15.8 Å². The molecule has 23 heavy (non-hydrogen) atoms. The molecule has 0 aromatic heterocycles. The van der Waals surface area contributed by atoms with Gasteiger partial charge in [0.25, 0.3) is 15.9 Å². The Morgan fingerprint density at radius 3 is 2.09 bits per heavy atom. The Hall–Kier alpha value is -2.41. The van der Waals surface area contributed by atoms with Gasteiger partial charge in [0.15, 0.2) is 0 Å². The van der Waals surface area contributed by atoms with Crippen molar-refractivity contribution < 1.29 is 17.6 Å². The molecule has 0 saturated carbocycles. The summed E-state index contributed by atoms with van der Waals surface area (Å²) in [5, 5.41) is 2.72. The monoisotopic (exact) mass is 336 g/mol. The van der Waals surface area contributed by atoms with Crippen LogP contribution in [0.4, 0.5) is 10.1 Å². The molecule has 0 saturated heterocycles. The van der Waals surface area contributed by atoms with Crippen molar-refractivity contribution in [1.29, 1.82) is 0 Å². The third-order valence-electron chi connectivity index (χ3n) is 2.94. The van der Waals surface area contributed by atoms with Crippen LogP contribution in [0.15, 0.2) is 53.4 Å². The van der Waals surface area contributed by atoms with E-state index in [0.717, 1.165) is 12.1 Å². The fourth-order valence-corrected chi connectivity index (χ4v) is 2.92. The number of carbonyl (C=O) groups excluding carboxylic acids is 1. The van der Waals surface area contributed by atoms with Crippen LogP contribution in [0.3, 0.4) is 0 Å². The summed E-state index contributed by atoms with van der Waals surface area (Å²) in [6, 6.07) is 10.6. The van der Waals surface area contributed by atoms with E-state index in [9.17, 15) is 17.6 Å². The van der Waals surface area contributed by atoms with Crippen molar-refractivity contribution in [3.63, 3.8) is 0 Å². The number of sulfonamides is 1. The summed E-state index contributed by atoms with van der Waals surface area (Å²) in [6.07, 6.45) is 0. The van der Waals surface area contributed by atoms with Crippen LogP contribution in [-0.2, 0) is 10.0 Å². The maximum Gasteiger partial charge on any atom is 0.261 e. The standard InChI is InChI=1S/C16H17FN2O3S/c1-11(2)18-16(20)12-3-9-15(10-4-12)23(21,22)19-14-7-5-13(17)6-8-14/h3-11,19H,1-2H3,(H,18,20). The second-order valence-corrected chi connectivity index (χ2v) is 6.95. The molecule has 0 fully saturated rings. The van der Waals surface area contributed by atoms with Crippen LogP contribution >= 0.6 is 0 Å². The summed E-state index contributed by atoms with van der Waals surface area (Å²) >= 11 is 0. The number of halogens is 1. The van der Waals surface area contributed by atoms with Crippen LogP contribution in [-0.4, -0.2) is 20.4 Å². The Balaban J connectivity index is 2.17. The van der Waals surface area contributed by atoms with Crippen molar-refractivity contribution in [2.24, 2.45) is 0 Å². The Morgan fingerprint density at radius 2 is 1.57 bits per heavy atom. The van der Waals surface area contributed by atoms with E-state index in [-0.39, 0.29) is 22.5 Å². The van der Waals surface area contributed by atoms with Gasteiger partial charge in [0.05, 0.1) is 4.90 Å². The molecule has 1 amide bonds. The number of anilines is 1. The van der Waals surface area contributed by atoms with Gasteiger partial charge in [0.2, 0.25) is 0 Å². The maximum atomic E-state index is 12.8. The second-order valence-electron chi connectivity index (χ2n) is 5.26. The first-order chi connectivity index (χ1) is 10.8. The van der Waals surface area contributed by atoms with Gasteiger partial charge >= 0.3 is 0 Å². The number of benzene rings is 2.